The quantitative estimate of drug-likeness (QED) is 0.335. The predicted octanol–water partition coefficient (Wildman–Crippen LogP) is 1.89. The Morgan fingerprint density at radius 1 is 1.00 bits per heavy atom. The van der Waals surface area contributed by atoms with Crippen molar-refractivity contribution in [3.8, 4) is 28.4 Å². The standard InChI is InChI=1S/C14H13N3O4.ClH/c15-14(21)17-16-7-10-5-8(1-3-11(10)18)9-2-4-12(19)13(20)6-9;/h1-7,18-20H,(H3,15,17,21);1H/b16-7+;. The molecular weight excluding hydrogens is 310 g/mol. The summed E-state index contributed by atoms with van der Waals surface area (Å²) in [6, 6.07) is 8.25. The van der Waals surface area contributed by atoms with Crippen molar-refractivity contribution in [1.82, 2.24) is 5.43 Å². The van der Waals surface area contributed by atoms with Crippen LogP contribution in [0.3, 0.4) is 0 Å². The zero-order valence-corrected chi connectivity index (χ0v) is 12.0. The van der Waals surface area contributed by atoms with Gasteiger partial charge in [-0.05, 0) is 35.4 Å². The monoisotopic (exact) mass is 323 g/mol. The fourth-order valence-electron chi connectivity index (χ4n) is 1.71. The summed E-state index contributed by atoms with van der Waals surface area (Å²) < 4.78 is 0. The summed E-state index contributed by atoms with van der Waals surface area (Å²) in [5.41, 5.74) is 8.57. The van der Waals surface area contributed by atoms with Gasteiger partial charge in [0.25, 0.3) is 0 Å². The summed E-state index contributed by atoms with van der Waals surface area (Å²) in [7, 11) is 0. The Bertz CT molecular complexity index is 719. The van der Waals surface area contributed by atoms with Gasteiger partial charge in [-0.3, -0.25) is 0 Å². The maximum absolute atomic E-state index is 10.5. The van der Waals surface area contributed by atoms with Crippen LogP contribution in [0.15, 0.2) is 41.5 Å². The van der Waals surface area contributed by atoms with Gasteiger partial charge in [0.1, 0.15) is 5.75 Å². The molecule has 8 heteroatoms. The molecule has 0 atom stereocenters. The lowest BCUT2D eigenvalue weighted by atomic mass is 10.0. The van der Waals surface area contributed by atoms with Gasteiger partial charge in [0.05, 0.1) is 6.21 Å². The minimum absolute atomic E-state index is 0. The molecule has 2 amide bonds. The topological polar surface area (TPSA) is 128 Å². The SMILES string of the molecule is Cl.NC(=O)N/N=C/c1cc(-c2ccc(O)c(O)c2)ccc1O. The van der Waals surface area contributed by atoms with E-state index in [1.165, 1.54) is 24.4 Å². The maximum Gasteiger partial charge on any atom is 0.332 e. The molecule has 2 aromatic carbocycles. The van der Waals surface area contributed by atoms with E-state index in [0.717, 1.165) is 0 Å². The van der Waals surface area contributed by atoms with E-state index in [2.05, 4.69) is 5.10 Å². The largest absolute Gasteiger partial charge is 0.507 e. The normalized spacial score (nSPS) is 10.2. The molecule has 0 fully saturated rings. The van der Waals surface area contributed by atoms with Gasteiger partial charge in [0.2, 0.25) is 0 Å². The average molecular weight is 324 g/mol. The van der Waals surface area contributed by atoms with E-state index in [9.17, 15) is 20.1 Å². The van der Waals surface area contributed by atoms with Crippen LogP contribution in [0.5, 0.6) is 17.2 Å². The lowest BCUT2D eigenvalue weighted by Crippen LogP contribution is -2.24. The third-order valence-corrected chi connectivity index (χ3v) is 2.71. The number of phenols is 3. The molecule has 0 aromatic heterocycles. The van der Waals surface area contributed by atoms with E-state index < -0.39 is 6.03 Å². The molecule has 0 heterocycles. The van der Waals surface area contributed by atoms with Crippen LogP contribution in [0.1, 0.15) is 5.56 Å². The van der Waals surface area contributed by atoms with Gasteiger partial charge in [-0.15, -0.1) is 12.4 Å². The molecule has 22 heavy (non-hydrogen) atoms. The molecule has 2 rings (SSSR count). The minimum Gasteiger partial charge on any atom is -0.507 e. The number of carbonyl (C=O) groups excluding carboxylic acids is 1. The first-order chi connectivity index (χ1) is 9.97. The highest BCUT2D eigenvalue weighted by atomic mass is 35.5. The van der Waals surface area contributed by atoms with Crippen molar-refractivity contribution in [3.05, 3.63) is 42.0 Å². The minimum atomic E-state index is -0.814. The maximum atomic E-state index is 10.5. The number of amides is 2. The molecule has 0 saturated carbocycles. The van der Waals surface area contributed by atoms with Crippen molar-refractivity contribution in [2.24, 2.45) is 10.8 Å². The second kappa shape index (κ2) is 7.19. The Balaban J connectivity index is 0.00000242. The number of nitrogens with zero attached hydrogens (tertiary/aromatic N) is 1. The van der Waals surface area contributed by atoms with Crippen molar-refractivity contribution < 1.29 is 20.1 Å². The molecule has 0 unspecified atom stereocenters. The lowest BCUT2D eigenvalue weighted by molar-refractivity contribution is 0.249. The molecular formula is C14H14ClN3O4. The van der Waals surface area contributed by atoms with E-state index in [4.69, 9.17) is 5.73 Å². The Labute approximate surface area is 132 Å². The highest BCUT2D eigenvalue weighted by Gasteiger charge is 2.06. The number of phenolic OH excluding ortho intramolecular Hbond substituents is 3. The highest BCUT2D eigenvalue weighted by molar-refractivity contribution is 5.87. The number of aromatic hydroxyl groups is 3. The van der Waals surface area contributed by atoms with Crippen LogP contribution in [-0.4, -0.2) is 27.6 Å². The Morgan fingerprint density at radius 2 is 1.59 bits per heavy atom. The third-order valence-electron chi connectivity index (χ3n) is 2.71. The van der Waals surface area contributed by atoms with Crippen molar-refractivity contribution in [2.45, 2.75) is 0 Å². The Morgan fingerprint density at radius 3 is 2.18 bits per heavy atom. The van der Waals surface area contributed by atoms with Crippen LogP contribution in [0.4, 0.5) is 4.79 Å². The number of halogens is 1. The smallest absolute Gasteiger partial charge is 0.332 e. The van der Waals surface area contributed by atoms with Gasteiger partial charge >= 0.3 is 6.03 Å². The number of primary amides is 1. The van der Waals surface area contributed by atoms with Gasteiger partial charge < -0.3 is 21.1 Å². The van der Waals surface area contributed by atoms with Crippen molar-refractivity contribution in [3.63, 3.8) is 0 Å². The van der Waals surface area contributed by atoms with Gasteiger partial charge in [-0.1, -0.05) is 12.1 Å². The van der Waals surface area contributed by atoms with E-state index >= 15 is 0 Å². The fraction of sp³-hybridized carbons (Fsp3) is 0. The number of hydrazone groups is 1. The highest BCUT2D eigenvalue weighted by Crippen LogP contribution is 2.32. The second-order valence-electron chi connectivity index (χ2n) is 4.21. The predicted molar refractivity (Wildman–Crippen MR) is 84.4 cm³/mol. The summed E-state index contributed by atoms with van der Waals surface area (Å²) in [6.07, 6.45) is 1.24. The molecule has 0 radical (unpaired) electrons. The van der Waals surface area contributed by atoms with Crippen molar-refractivity contribution in [2.75, 3.05) is 0 Å². The average Bonchev–Trinajstić information content (AvgIpc) is 2.43. The number of nitrogens with two attached hydrogens (primary N) is 1. The molecule has 116 valence electrons. The number of urea groups is 1. The molecule has 0 bridgehead atoms. The van der Waals surface area contributed by atoms with Gasteiger partial charge in [-0.25, -0.2) is 10.2 Å². The van der Waals surface area contributed by atoms with Crippen LogP contribution >= 0.6 is 12.4 Å². The number of hydrogen-bond donors (Lipinski definition) is 5. The van der Waals surface area contributed by atoms with Crippen molar-refractivity contribution in [1.29, 1.82) is 0 Å². The number of rotatable bonds is 3. The molecule has 0 aliphatic rings. The molecule has 0 aliphatic heterocycles. The first kappa shape index (κ1) is 17.1. The summed E-state index contributed by atoms with van der Waals surface area (Å²) in [5.74, 6) is -0.493. The summed E-state index contributed by atoms with van der Waals surface area (Å²) in [4.78, 5) is 10.5. The van der Waals surface area contributed by atoms with Gasteiger partial charge in [-0.2, -0.15) is 5.10 Å². The van der Waals surface area contributed by atoms with E-state index in [0.29, 0.717) is 16.7 Å². The molecule has 0 aliphatic carbocycles. The van der Waals surface area contributed by atoms with Crippen LogP contribution in [0.2, 0.25) is 0 Å². The first-order valence-corrected chi connectivity index (χ1v) is 5.91. The van der Waals surface area contributed by atoms with Crippen LogP contribution in [0, 0.1) is 0 Å². The van der Waals surface area contributed by atoms with Crippen LogP contribution in [-0.2, 0) is 0 Å². The summed E-state index contributed by atoms with van der Waals surface area (Å²) in [6.45, 7) is 0. The molecule has 7 nitrogen and oxygen atoms in total. The van der Waals surface area contributed by atoms with Crippen molar-refractivity contribution >= 4 is 24.7 Å². The number of nitrogens with one attached hydrogen (secondary N) is 1. The Kier molecular flexibility index (Phi) is 5.59. The second-order valence-corrected chi connectivity index (χ2v) is 4.21. The van der Waals surface area contributed by atoms with E-state index in [1.54, 1.807) is 18.2 Å². The van der Waals surface area contributed by atoms with E-state index in [1.807, 2.05) is 5.43 Å². The number of benzene rings is 2. The summed E-state index contributed by atoms with van der Waals surface area (Å²) >= 11 is 0. The zero-order chi connectivity index (χ0) is 15.4. The van der Waals surface area contributed by atoms with Gasteiger partial charge in [0, 0.05) is 5.56 Å². The van der Waals surface area contributed by atoms with Gasteiger partial charge in [0.15, 0.2) is 11.5 Å². The Hall–Kier alpha value is -2.93. The molecule has 0 saturated heterocycles. The third kappa shape index (κ3) is 4.03. The molecule has 2 aromatic rings. The lowest BCUT2D eigenvalue weighted by Gasteiger charge is -2.06. The fourth-order valence-corrected chi connectivity index (χ4v) is 1.71. The number of hydrogen-bond acceptors (Lipinski definition) is 5. The van der Waals surface area contributed by atoms with Crippen LogP contribution in [0.25, 0.3) is 11.1 Å². The van der Waals surface area contributed by atoms with E-state index in [-0.39, 0.29) is 29.7 Å². The number of carbonyl (C=O) groups is 1. The summed E-state index contributed by atoms with van der Waals surface area (Å²) in [5, 5.41) is 32.1. The molecule has 6 N–H and O–H groups in total. The molecule has 0 spiro atoms. The zero-order valence-electron chi connectivity index (χ0n) is 11.2. The van der Waals surface area contributed by atoms with Crippen LogP contribution < -0.4 is 11.2 Å². The first-order valence-electron chi connectivity index (χ1n) is 5.91.